The fraction of sp³-hybridized carbons (Fsp3) is 0.333. The smallest absolute Gasteiger partial charge is 0.328 e. The van der Waals surface area contributed by atoms with Gasteiger partial charge in [0, 0.05) is 0 Å². The number of ether oxygens (including phenoxy) is 1. The van der Waals surface area contributed by atoms with E-state index in [1.807, 2.05) is 56.3 Å². The molecule has 0 aliphatic heterocycles. The number of nitrogens with one attached hydrogen (secondary N) is 1. The highest BCUT2D eigenvalue weighted by molar-refractivity contribution is 5.91. The molecule has 4 heteroatoms. The van der Waals surface area contributed by atoms with Crippen LogP contribution in [0.15, 0.2) is 42.5 Å². The Labute approximate surface area is 130 Å². The van der Waals surface area contributed by atoms with Crippen LogP contribution in [0.4, 0.5) is 0 Å². The summed E-state index contributed by atoms with van der Waals surface area (Å²) in [7, 11) is 1.33. The SMILES string of the molecule is COC(=O)[C@@H](NC(=O)Cc1cccc2ccccc12)C(C)C. The molecule has 4 nitrogen and oxygen atoms in total. The summed E-state index contributed by atoms with van der Waals surface area (Å²) in [5, 5.41) is 4.92. The van der Waals surface area contributed by atoms with Gasteiger partial charge in [-0.2, -0.15) is 0 Å². The predicted octanol–water partition coefficient (Wildman–Crippen LogP) is 2.70. The molecule has 0 bridgehead atoms. The van der Waals surface area contributed by atoms with Crippen molar-refractivity contribution in [3.05, 3.63) is 48.0 Å². The Kier molecular flexibility index (Phi) is 5.15. The molecule has 0 saturated heterocycles. The topological polar surface area (TPSA) is 55.4 Å². The number of hydrogen-bond donors (Lipinski definition) is 1. The Morgan fingerprint density at radius 1 is 1.09 bits per heavy atom. The second kappa shape index (κ2) is 7.07. The maximum Gasteiger partial charge on any atom is 0.328 e. The van der Waals surface area contributed by atoms with Crippen molar-refractivity contribution < 1.29 is 14.3 Å². The van der Waals surface area contributed by atoms with Crippen LogP contribution in [0, 0.1) is 5.92 Å². The maximum absolute atomic E-state index is 12.3. The van der Waals surface area contributed by atoms with Gasteiger partial charge in [-0.25, -0.2) is 4.79 Å². The summed E-state index contributed by atoms with van der Waals surface area (Å²) < 4.78 is 4.74. The number of hydrogen-bond acceptors (Lipinski definition) is 3. The van der Waals surface area contributed by atoms with Gasteiger partial charge in [0.05, 0.1) is 13.5 Å². The summed E-state index contributed by atoms with van der Waals surface area (Å²) in [6.45, 7) is 3.75. The highest BCUT2D eigenvalue weighted by Crippen LogP contribution is 2.19. The molecule has 0 aliphatic rings. The molecular weight excluding hydrogens is 278 g/mol. The van der Waals surface area contributed by atoms with E-state index in [1.165, 1.54) is 7.11 Å². The lowest BCUT2D eigenvalue weighted by atomic mass is 10.0. The summed E-state index contributed by atoms with van der Waals surface area (Å²) in [5.41, 5.74) is 0.947. The van der Waals surface area contributed by atoms with Crippen LogP contribution in [-0.2, 0) is 20.7 Å². The van der Waals surface area contributed by atoms with Crippen LogP contribution in [0.1, 0.15) is 19.4 Å². The maximum atomic E-state index is 12.3. The van der Waals surface area contributed by atoms with Gasteiger partial charge in [0.2, 0.25) is 5.91 Å². The van der Waals surface area contributed by atoms with Crippen LogP contribution >= 0.6 is 0 Å². The number of carbonyl (C=O) groups excluding carboxylic acids is 2. The zero-order chi connectivity index (χ0) is 16.1. The van der Waals surface area contributed by atoms with Crippen molar-refractivity contribution in [1.82, 2.24) is 5.32 Å². The molecule has 1 N–H and O–H groups in total. The van der Waals surface area contributed by atoms with E-state index in [1.54, 1.807) is 0 Å². The largest absolute Gasteiger partial charge is 0.467 e. The van der Waals surface area contributed by atoms with E-state index in [-0.39, 0.29) is 18.2 Å². The molecule has 0 aliphatic carbocycles. The third kappa shape index (κ3) is 3.64. The number of fused-ring (bicyclic) bond motifs is 1. The van der Waals surface area contributed by atoms with Gasteiger partial charge in [-0.3, -0.25) is 4.79 Å². The molecule has 1 amide bonds. The van der Waals surface area contributed by atoms with Gasteiger partial charge < -0.3 is 10.1 Å². The van der Waals surface area contributed by atoms with Gasteiger partial charge in [0.25, 0.3) is 0 Å². The van der Waals surface area contributed by atoms with Crippen molar-refractivity contribution >= 4 is 22.6 Å². The first kappa shape index (κ1) is 16.0. The van der Waals surface area contributed by atoms with Gasteiger partial charge >= 0.3 is 5.97 Å². The van der Waals surface area contributed by atoms with Gasteiger partial charge in [-0.15, -0.1) is 0 Å². The van der Waals surface area contributed by atoms with E-state index in [9.17, 15) is 9.59 Å². The van der Waals surface area contributed by atoms with Gasteiger partial charge in [0.15, 0.2) is 0 Å². The van der Waals surface area contributed by atoms with Crippen molar-refractivity contribution in [3.8, 4) is 0 Å². The van der Waals surface area contributed by atoms with Crippen LogP contribution < -0.4 is 5.32 Å². The number of methoxy groups -OCH3 is 1. The third-order valence-corrected chi connectivity index (χ3v) is 3.67. The van der Waals surface area contributed by atoms with Crippen molar-refractivity contribution in [2.45, 2.75) is 26.3 Å². The molecule has 0 fully saturated rings. The predicted molar refractivity (Wildman–Crippen MR) is 86.4 cm³/mol. The third-order valence-electron chi connectivity index (χ3n) is 3.67. The van der Waals surface area contributed by atoms with Crippen molar-refractivity contribution in [2.24, 2.45) is 5.92 Å². The molecule has 116 valence electrons. The Bertz CT molecular complexity index is 674. The van der Waals surface area contributed by atoms with Crippen LogP contribution in [0.2, 0.25) is 0 Å². The van der Waals surface area contributed by atoms with E-state index in [2.05, 4.69) is 5.32 Å². The number of benzene rings is 2. The first-order valence-electron chi connectivity index (χ1n) is 7.36. The van der Waals surface area contributed by atoms with Crippen LogP contribution in [0.25, 0.3) is 10.8 Å². The van der Waals surface area contributed by atoms with E-state index in [0.29, 0.717) is 0 Å². The lowest BCUT2D eigenvalue weighted by Crippen LogP contribution is -2.45. The Balaban J connectivity index is 2.15. The average Bonchev–Trinajstić information content (AvgIpc) is 2.52. The van der Waals surface area contributed by atoms with Crippen LogP contribution in [-0.4, -0.2) is 25.0 Å². The zero-order valence-corrected chi connectivity index (χ0v) is 13.1. The van der Waals surface area contributed by atoms with E-state index in [4.69, 9.17) is 4.74 Å². The number of amides is 1. The Morgan fingerprint density at radius 3 is 2.45 bits per heavy atom. The van der Waals surface area contributed by atoms with Crippen molar-refractivity contribution in [3.63, 3.8) is 0 Å². The molecule has 0 saturated carbocycles. The molecular formula is C18H21NO3. The van der Waals surface area contributed by atoms with Crippen LogP contribution in [0.5, 0.6) is 0 Å². The van der Waals surface area contributed by atoms with Gasteiger partial charge in [-0.1, -0.05) is 56.3 Å². The molecule has 0 spiro atoms. The lowest BCUT2D eigenvalue weighted by molar-refractivity contribution is -0.146. The Morgan fingerprint density at radius 2 is 1.77 bits per heavy atom. The average molecular weight is 299 g/mol. The summed E-state index contributed by atoms with van der Waals surface area (Å²) >= 11 is 0. The molecule has 2 aromatic carbocycles. The minimum Gasteiger partial charge on any atom is -0.467 e. The molecule has 2 rings (SSSR count). The first-order valence-corrected chi connectivity index (χ1v) is 7.36. The minimum absolute atomic E-state index is 0.0242. The Hall–Kier alpha value is -2.36. The summed E-state index contributed by atoms with van der Waals surface area (Å²) in [5.74, 6) is -0.620. The molecule has 0 heterocycles. The molecule has 2 aromatic rings. The van der Waals surface area contributed by atoms with E-state index < -0.39 is 12.0 Å². The molecule has 22 heavy (non-hydrogen) atoms. The van der Waals surface area contributed by atoms with Crippen molar-refractivity contribution in [1.29, 1.82) is 0 Å². The minimum atomic E-state index is -0.618. The van der Waals surface area contributed by atoms with Gasteiger partial charge in [-0.05, 0) is 22.3 Å². The molecule has 0 aromatic heterocycles. The van der Waals surface area contributed by atoms with Crippen molar-refractivity contribution in [2.75, 3.05) is 7.11 Å². The quantitative estimate of drug-likeness (QED) is 0.864. The highest BCUT2D eigenvalue weighted by atomic mass is 16.5. The number of rotatable bonds is 5. The fourth-order valence-electron chi connectivity index (χ4n) is 2.47. The summed E-state index contributed by atoms with van der Waals surface area (Å²) in [6.07, 6.45) is 0.238. The van der Waals surface area contributed by atoms with Gasteiger partial charge in [0.1, 0.15) is 6.04 Å². The first-order chi connectivity index (χ1) is 10.5. The molecule has 1 atom stereocenters. The normalized spacial score (nSPS) is 12.2. The number of carbonyl (C=O) groups is 2. The van der Waals surface area contributed by atoms with E-state index >= 15 is 0 Å². The molecule has 0 radical (unpaired) electrons. The highest BCUT2D eigenvalue weighted by Gasteiger charge is 2.24. The lowest BCUT2D eigenvalue weighted by Gasteiger charge is -2.20. The monoisotopic (exact) mass is 299 g/mol. The van der Waals surface area contributed by atoms with E-state index in [0.717, 1.165) is 16.3 Å². The summed E-state index contributed by atoms with van der Waals surface area (Å²) in [4.78, 5) is 24.0. The number of esters is 1. The standard InChI is InChI=1S/C18H21NO3/c1-12(2)17(18(21)22-3)19-16(20)11-14-9-6-8-13-7-4-5-10-15(13)14/h4-10,12,17H,11H2,1-3H3,(H,19,20)/t17-/m0/s1. The van der Waals surface area contributed by atoms with Crippen LogP contribution in [0.3, 0.4) is 0 Å². The zero-order valence-electron chi connectivity index (χ0n) is 13.1. The fourth-order valence-corrected chi connectivity index (χ4v) is 2.47. The second-order valence-electron chi connectivity index (χ2n) is 5.63. The summed E-state index contributed by atoms with van der Waals surface area (Å²) in [6, 6.07) is 13.2. The second-order valence-corrected chi connectivity index (χ2v) is 5.63. The molecule has 0 unspecified atom stereocenters.